The van der Waals surface area contributed by atoms with E-state index in [1.807, 2.05) is 49.4 Å². The molecule has 1 fully saturated rings. The number of benzene rings is 2. The van der Waals surface area contributed by atoms with Gasteiger partial charge in [-0.1, -0.05) is 30.3 Å². The van der Waals surface area contributed by atoms with Crippen LogP contribution < -0.4 is 0 Å². The molecule has 190 valence electrons. The molecule has 1 aliphatic rings. The highest BCUT2D eigenvalue weighted by Crippen LogP contribution is 2.27. The topological polar surface area (TPSA) is 115 Å². The third-order valence-corrected chi connectivity index (χ3v) is 6.12. The minimum Gasteiger partial charge on any atom is -0.450 e. The van der Waals surface area contributed by atoms with Gasteiger partial charge in [0, 0.05) is 44.3 Å². The summed E-state index contributed by atoms with van der Waals surface area (Å²) in [5.41, 5.74) is 4.00. The van der Waals surface area contributed by atoms with Crippen LogP contribution in [0.1, 0.15) is 24.4 Å². The van der Waals surface area contributed by atoms with Crippen molar-refractivity contribution in [3.8, 4) is 34.3 Å². The number of hydrogen-bond acceptors (Lipinski definition) is 8. The lowest BCUT2D eigenvalue weighted by Crippen LogP contribution is -2.50. The average molecular weight is 501 g/mol. The molecular formula is C27H28N6O4. The van der Waals surface area contributed by atoms with Crippen molar-refractivity contribution in [3.05, 3.63) is 72.1 Å². The maximum Gasteiger partial charge on any atom is 0.409 e. The molecule has 0 aliphatic carbocycles. The number of ether oxygens (including phenoxy) is 1. The second-order valence-electron chi connectivity index (χ2n) is 8.52. The summed E-state index contributed by atoms with van der Waals surface area (Å²) in [4.78, 5) is 37.4. The molecule has 0 saturated carbocycles. The first-order valence-corrected chi connectivity index (χ1v) is 12.1. The van der Waals surface area contributed by atoms with Gasteiger partial charge in [-0.25, -0.2) is 9.78 Å². The Kier molecular flexibility index (Phi) is 6.89. The Hall–Kier alpha value is -4.60. The van der Waals surface area contributed by atoms with E-state index >= 15 is 0 Å². The number of carbonyl (C=O) groups is 2. The number of amides is 2. The van der Waals surface area contributed by atoms with Gasteiger partial charge in [0.05, 0.1) is 24.2 Å². The zero-order chi connectivity index (χ0) is 25.8. The van der Waals surface area contributed by atoms with Crippen LogP contribution in [0, 0.1) is 6.92 Å². The second kappa shape index (κ2) is 10.6. The fourth-order valence-electron chi connectivity index (χ4n) is 4.08. The van der Waals surface area contributed by atoms with Crippen LogP contribution in [0.2, 0.25) is 0 Å². The minimum atomic E-state index is -0.339. The van der Waals surface area contributed by atoms with Crippen LogP contribution in [0.4, 0.5) is 4.79 Å². The molecule has 3 heterocycles. The lowest BCUT2D eigenvalue weighted by Gasteiger charge is -2.34. The van der Waals surface area contributed by atoms with E-state index in [4.69, 9.17) is 14.1 Å². The summed E-state index contributed by atoms with van der Waals surface area (Å²) >= 11 is 0. The fraction of sp³-hybridized carbons (Fsp3) is 0.259. The highest BCUT2D eigenvalue weighted by atomic mass is 16.6. The summed E-state index contributed by atoms with van der Waals surface area (Å²) in [6, 6.07) is 16.8. The molecule has 10 nitrogen and oxygen atoms in total. The molecule has 1 aliphatic heterocycles. The molecule has 2 amide bonds. The van der Waals surface area contributed by atoms with Crippen LogP contribution in [0.3, 0.4) is 0 Å². The summed E-state index contributed by atoms with van der Waals surface area (Å²) in [6.07, 6.45) is 1.34. The molecule has 37 heavy (non-hydrogen) atoms. The van der Waals surface area contributed by atoms with E-state index in [9.17, 15) is 9.59 Å². The molecule has 1 saturated heterocycles. The molecule has 5 rings (SSSR count). The van der Waals surface area contributed by atoms with Crippen LogP contribution in [0.5, 0.6) is 0 Å². The van der Waals surface area contributed by atoms with Gasteiger partial charge in [-0.3, -0.25) is 9.78 Å². The van der Waals surface area contributed by atoms with Gasteiger partial charge in [-0.05, 0) is 38.1 Å². The monoisotopic (exact) mass is 500 g/mol. The smallest absolute Gasteiger partial charge is 0.409 e. The maximum atomic E-state index is 13.0. The first kappa shape index (κ1) is 24.1. The zero-order valence-electron chi connectivity index (χ0n) is 20.6. The number of aromatic nitrogens is 4. The summed E-state index contributed by atoms with van der Waals surface area (Å²) < 4.78 is 10.9. The third kappa shape index (κ3) is 5.18. The number of hydrogen-bond donors (Lipinski definition) is 0. The normalized spacial score (nSPS) is 13.5. The third-order valence-electron chi connectivity index (χ3n) is 6.12. The second-order valence-corrected chi connectivity index (χ2v) is 8.52. The zero-order valence-corrected chi connectivity index (χ0v) is 20.6. The molecule has 0 N–H and O–H groups in total. The largest absolute Gasteiger partial charge is 0.450 e. The summed E-state index contributed by atoms with van der Waals surface area (Å²) in [5.74, 6) is 0.623. The summed E-state index contributed by atoms with van der Waals surface area (Å²) in [5, 5.41) is 8.32. The van der Waals surface area contributed by atoms with Crippen LogP contribution in [-0.4, -0.2) is 74.8 Å². The molecule has 2 aromatic heterocycles. The molecule has 0 spiro atoms. The van der Waals surface area contributed by atoms with Crippen LogP contribution in [0.25, 0.3) is 34.3 Å². The van der Waals surface area contributed by atoms with E-state index in [2.05, 4.69) is 15.2 Å². The van der Waals surface area contributed by atoms with E-state index in [0.29, 0.717) is 67.2 Å². The van der Waals surface area contributed by atoms with Crippen molar-refractivity contribution < 1.29 is 20.2 Å². The maximum absolute atomic E-state index is 13.0. The first-order chi connectivity index (χ1) is 18.0. The molecule has 0 radical (unpaired) electrons. The van der Waals surface area contributed by atoms with E-state index in [1.165, 1.54) is 0 Å². The van der Waals surface area contributed by atoms with Gasteiger partial charge >= 0.3 is 6.09 Å². The van der Waals surface area contributed by atoms with E-state index in [1.54, 1.807) is 35.1 Å². The van der Waals surface area contributed by atoms with Gasteiger partial charge in [0.25, 0.3) is 11.8 Å². The van der Waals surface area contributed by atoms with E-state index in [-0.39, 0.29) is 13.4 Å². The minimum absolute atomic E-state index is 0. The van der Waals surface area contributed by atoms with Crippen molar-refractivity contribution in [2.45, 2.75) is 13.8 Å². The Balaban J connectivity index is 0.00000336. The molecule has 0 unspecified atom stereocenters. The molecular weight excluding hydrogens is 472 g/mol. The first-order valence-electron chi connectivity index (χ1n) is 12.1. The lowest BCUT2D eigenvalue weighted by molar-refractivity contribution is 0.0570. The van der Waals surface area contributed by atoms with Crippen LogP contribution in [0.15, 0.2) is 65.2 Å². The average Bonchev–Trinajstić information content (AvgIpc) is 3.44. The Bertz CT molecular complexity index is 1400. The van der Waals surface area contributed by atoms with Gasteiger partial charge in [0.2, 0.25) is 5.89 Å². The fourth-order valence-corrected chi connectivity index (χ4v) is 4.08. The predicted octanol–water partition coefficient (Wildman–Crippen LogP) is 4.33. The quantitative estimate of drug-likeness (QED) is 0.398. The number of rotatable bonds is 5. The SMILES string of the molecule is CCOC(=O)N1CCN(C(=O)c2ccc(-c3cnc(C)c(-c4nnc(-c5ccccc5)o4)n3)cc2)CC1.[HH]. The molecule has 4 aromatic rings. The standard InChI is InChI=1S/C27H26N6O4.H2/c1-3-36-27(35)33-15-13-32(14-16-33)26(34)21-11-9-19(10-12-21)22-17-28-18(2)23(29-22)25-31-30-24(37-25)20-7-5-4-6-8-20;/h4-12,17H,3,13-16H2,1-2H3;1H. The Labute approximate surface area is 215 Å². The van der Waals surface area contributed by atoms with Gasteiger partial charge in [0.15, 0.2) is 0 Å². The van der Waals surface area contributed by atoms with Gasteiger partial charge < -0.3 is 19.0 Å². The van der Waals surface area contributed by atoms with Crippen molar-refractivity contribution in [3.63, 3.8) is 0 Å². The number of aryl methyl sites for hydroxylation is 1. The van der Waals surface area contributed by atoms with Gasteiger partial charge in [0.1, 0.15) is 5.69 Å². The molecule has 0 atom stereocenters. The Morgan fingerprint density at radius 1 is 0.919 bits per heavy atom. The lowest BCUT2D eigenvalue weighted by atomic mass is 10.1. The van der Waals surface area contributed by atoms with Crippen molar-refractivity contribution >= 4 is 12.0 Å². The van der Waals surface area contributed by atoms with E-state index < -0.39 is 0 Å². The summed E-state index contributed by atoms with van der Waals surface area (Å²) in [7, 11) is 0. The predicted molar refractivity (Wildman–Crippen MR) is 138 cm³/mol. The van der Waals surface area contributed by atoms with Crippen molar-refractivity contribution in [1.29, 1.82) is 0 Å². The van der Waals surface area contributed by atoms with E-state index in [0.717, 1.165) is 11.1 Å². The van der Waals surface area contributed by atoms with Crippen molar-refractivity contribution in [1.82, 2.24) is 30.0 Å². The van der Waals surface area contributed by atoms with Crippen molar-refractivity contribution in [2.24, 2.45) is 0 Å². The van der Waals surface area contributed by atoms with Crippen LogP contribution in [-0.2, 0) is 4.74 Å². The Morgan fingerprint density at radius 3 is 2.30 bits per heavy atom. The van der Waals surface area contributed by atoms with Gasteiger partial charge in [-0.2, -0.15) is 0 Å². The molecule has 0 bridgehead atoms. The highest BCUT2D eigenvalue weighted by Gasteiger charge is 2.25. The number of carbonyl (C=O) groups excluding carboxylic acids is 2. The molecule has 10 heteroatoms. The Morgan fingerprint density at radius 2 is 1.59 bits per heavy atom. The van der Waals surface area contributed by atoms with Crippen molar-refractivity contribution in [2.75, 3.05) is 32.8 Å². The summed E-state index contributed by atoms with van der Waals surface area (Å²) in [6.45, 7) is 5.76. The van der Waals surface area contributed by atoms with Crippen LogP contribution >= 0.6 is 0 Å². The molecule has 2 aromatic carbocycles. The van der Waals surface area contributed by atoms with Gasteiger partial charge in [-0.15, -0.1) is 10.2 Å². The number of piperazine rings is 1. The number of nitrogens with zero attached hydrogens (tertiary/aromatic N) is 6. The highest BCUT2D eigenvalue weighted by molar-refractivity contribution is 5.94.